The minimum Gasteiger partial charge on any atom is -0.393 e. The number of aliphatic hydroxyl groups excluding tert-OH is 1. The molecular weight excluding hydrogens is 170 g/mol. The Kier molecular flexibility index (Phi) is 2.63. The largest absolute Gasteiger partial charge is 0.393 e. The van der Waals surface area contributed by atoms with E-state index in [1.165, 1.54) is 24.3 Å². The number of piperidine rings is 1. The van der Waals surface area contributed by atoms with Crippen LogP contribution >= 0.6 is 11.8 Å². The van der Waals surface area contributed by atoms with Crippen LogP contribution in [0.3, 0.4) is 0 Å². The van der Waals surface area contributed by atoms with Crippen molar-refractivity contribution in [1.82, 2.24) is 5.32 Å². The quantitative estimate of drug-likeness (QED) is 0.593. The van der Waals surface area contributed by atoms with E-state index in [0.717, 1.165) is 19.4 Å². The summed E-state index contributed by atoms with van der Waals surface area (Å²) in [6, 6.07) is 0. The molecule has 0 saturated carbocycles. The van der Waals surface area contributed by atoms with Crippen molar-refractivity contribution in [3.05, 3.63) is 0 Å². The smallest absolute Gasteiger partial charge is 0.0570 e. The summed E-state index contributed by atoms with van der Waals surface area (Å²) < 4.78 is 0. The van der Waals surface area contributed by atoms with Crippen LogP contribution in [0.5, 0.6) is 0 Å². The number of thioether (sulfide) groups is 1. The molecular formula is C9H17NOS. The number of nitrogens with one attached hydrogen (secondary N) is 1. The normalized spacial score (nSPS) is 43.2. The van der Waals surface area contributed by atoms with Crippen LogP contribution in [-0.4, -0.2) is 34.8 Å². The summed E-state index contributed by atoms with van der Waals surface area (Å²) in [6.45, 7) is 1.00. The average molecular weight is 187 g/mol. The molecule has 0 bridgehead atoms. The standard InChI is InChI=1S/C9H17NOS/c11-8-2-4-10-9(6-8)3-1-5-12-7-9/h8,10-11H,1-7H2. The van der Waals surface area contributed by atoms with E-state index in [1.807, 2.05) is 11.8 Å². The van der Waals surface area contributed by atoms with Crippen molar-refractivity contribution in [2.75, 3.05) is 18.1 Å². The Hall–Kier alpha value is 0.270. The Bertz CT molecular complexity index is 151. The first-order chi connectivity index (χ1) is 5.81. The second-order valence-electron chi connectivity index (χ2n) is 4.01. The molecule has 2 rings (SSSR count). The van der Waals surface area contributed by atoms with Crippen LogP contribution in [0.15, 0.2) is 0 Å². The summed E-state index contributed by atoms with van der Waals surface area (Å²) in [4.78, 5) is 0. The maximum Gasteiger partial charge on any atom is 0.0570 e. The number of rotatable bonds is 0. The van der Waals surface area contributed by atoms with Crippen molar-refractivity contribution in [3.8, 4) is 0 Å². The monoisotopic (exact) mass is 187 g/mol. The molecule has 2 aliphatic rings. The van der Waals surface area contributed by atoms with Gasteiger partial charge in [-0.1, -0.05) is 0 Å². The molecule has 2 nitrogen and oxygen atoms in total. The lowest BCUT2D eigenvalue weighted by molar-refractivity contribution is 0.0812. The van der Waals surface area contributed by atoms with Gasteiger partial charge in [-0.05, 0) is 38.0 Å². The maximum absolute atomic E-state index is 9.58. The molecule has 0 aromatic heterocycles. The highest BCUT2D eigenvalue weighted by molar-refractivity contribution is 7.99. The second kappa shape index (κ2) is 3.56. The number of aliphatic hydroxyl groups is 1. The van der Waals surface area contributed by atoms with Crippen LogP contribution in [0.4, 0.5) is 0 Å². The minimum absolute atomic E-state index is 0.0510. The van der Waals surface area contributed by atoms with Crippen LogP contribution in [0, 0.1) is 0 Å². The van der Waals surface area contributed by atoms with Gasteiger partial charge < -0.3 is 10.4 Å². The minimum atomic E-state index is -0.0510. The van der Waals surface area contributed by atoms with E-state index in [2.05, 4.69) is 5.32 Å². The Labute approximate surface area is 78.1 Å². The predicted octanol–water partition coefficient (Wildman–Crippen LogP) is 0.996. The molecule has 0 radical (unpaired) electrons. The zero-order chi connectivity index (χ0) is 8.44. The Morgan fingerprint density at radius 2 is 2.42 bits per heavy atom. The van der Waals surface area contributed by atoms with E-state index in [9.17, 15) is 5.11 Å². The van der Waals surface area contributed by atoms with Gasteiger partial charge in [-0.15, -0.1) is 0 Å². The molecule has 1 spiro atoms. The molecule has 0 aromatic carbocycles. The molecule has 2 heterocycles. The van der Waals surface area contributed by atoms with Crippen molar-refractivity contribution in [2.45, 2.75) is 37.3 Å². The summed E-state index contributed by atoms with van der Waals surface area (Å²) >= 11 is 2.03. The molecule has 12 heavy (non-hydrogen) atoms. The predicted molar refractivity (Wildman–Crippen MR) is 52.5 cm³/mol. The third-order valence-electron chi connectivity index (χ3n) is 2.93. The van der Waals surface area contributed by atoms with E-state index < -0.39 is 0 Å². The van der Waals surface area contributed by atoms with Gasteiger partial charge in [-0.2, -0.15) is 11.8 Å². The Balaban J connectivity index is 1.97. The van der Waals surface area contributed by atoms with Gasteiger partial charge in [0.1, 0.15) is 0 Å². The van der Waals surface area contributed by atoms with E-state index in [0.29, 0.717) is 5.54 Å². The van der Waals surface area contributed by atoms with E-state index in [-0.39, 0.29) is 6.10 Å². The summed E-state index contributed by atoms with van der Waals surface area (Å²) in [5.74, 6) is 2.50. The van der Waals surface area contributed by atoms with Gasteiger partial charge >= 0.3 is 0 Å². The lowest BCUT2D eigenvalue weighted by atomic mass is 9.85. The average Bonchev–Trinajstić information content (AvgIpc) is 2.05. The van der Waals surface area contributed by atoms with Gasteiger partial charge in [0.15, 0.2) is 0 Å². The third kappa shape index (κ3) is 1.78. The fraction of sp³-hybridized carbons (Fsp3) is 1.00. The van der Waals surface area contributed by atoms with Gasteiger partial charge in [-0.25, -0.2) is 0 Å². The SMILES string of the molecule is OC1CCNC2(CCCSC2)C1. The molecule has 2 atom stereocenters. The van der Waals surface area contributed by atoms with E-state index in [4.69, 9.17) is 0 Å². The van der Waals surface area contributed by atoms with Crippen molar-refractivity contribution >= 4 is 11.8 Å². The van der Waals surface area contributed by atoms with E-state index >= 15 is 0 Å². The summed E-state index contributed by atoms with van der Waals surface area (Å²) in [6.07, 6.45) is 4.43. The highest BCUT2D eigenvalue weighted by Crippen LogP contribution is 2.32. The molecule has 70 valence electrons. The maximum atomic E-state index is 9.58. The van der Waals surface area contributed by atoms with Gasteiger partial charge in [0.05, 0.1) is 6.10 Å². The zero-order valence-electron chi connectivity index (χ0n) is 7.38. The molecule has 2 fully saturated rings. The highest BCUT2D eigenvalue weighted by atomic mass is 32.2. The van der Waals surface area contributed by atoms with Crippen LogP contribution in [-0.2, 0) is 0 Å². The van der Waals surface area contributed by atoms with Crippen molar-refractivity contribution in [1.29, 1.82) is 0 Å². The fourth-order valence-corrected chi connectivity index (χ4v) is 3.53. The topological polar surface area (TPSA) is 32.3 Å². The highest BCUT2D eigenvalue weighted by Gasteiger charge is 2.36. The Morgan fingerprint density at radius 3 is 3.08 bits per heavy atom. The van der Waals surface area contributed by atoms with Crippen LogP contribution < -0.4 is 5.32 Å². The summed E-state index contributed by atoms with van der Waals surface area (Å²) in [5.41, 5.74) is 0.292. The Morgan fingerprint density at radius 1 is 1.50 bits per heavy atom. The lowest BCUT2D eigenvalue weighted by Gasteiger charge is -2.42. The molecule has 2 saturated heterocycles. The molecule has 0 aliphatic carbocycles. The second-order valence-corrected chi connectivity index (χ2v) is 5.12. The van der Waals surface area contributed by atoms with Crippen molar-refractivity contribution in [3.63, 3.8) is 0 Å². The first kappa shape index (κ1) is 8.85. The van der Waals surface area contributed by atoms with Crippen LogP contribution in [0.2, 0.25) is 0 Å². The lowest BCUT2D eigenvalue weighted by Crippen LogP contribution is -2.55. The molecule has 0 amide bonds. The fourth-order valence-electron chi connectivity index (χ4n) is 2.28. The van der Waals surface area contributed by atoms with Crippen molar-refractivity contribution < 1.29 is 5.11 Å². The molecule has 2 aliphatic heterocycles. The first-order valence-corrected chi connectivity index (χ1v) is 5.97. The van der Waals surface area contributed by atoms with Gasteiger partial charge in [0.25, 0.3) is 0 Å². The van der Waals surface area contributed by atoms with Gasteiger partial charge in [0.2, 0.25) is 0 Å². The molecule has 3 heteroatoms. The summed E-state index contributed by atoms with van der Waals surface area (Å²) in [7, 11) is 0. The number of hydrogen-bond donors (Lipinski definition) is 2. The molecule has 2 N–H and O–H groups in total. The first-order valence-electron chi connectivity index (χ1n) is 4.82. The van der Waals surface area contributed by atoms with Crippen LogP contribution in [0.1, 0.15) is 25.7 Å². The van der Waals surface area contributed by atoms with Gasteiger partial charge in [-0.3, -0.25) is 0 Å². The van der Waals surface area contributed by atoms with Crippen LogP contribution in [0.25, 0.3) is 0 Å². The molecule has 2 unspecified atom stereocenters. The van der Waals surface area contributed by atoms with E-state index in [1.54, 1.807) is 0 Å². The summed E-state index contributed by atoms with van der Waals surface area (Å²) in [5, 5.41) is 13.2. The molecule has 0 aromatic rings. The zero-order valence-corrected chi connectivity index (χ0v) is 8.20. The number of hydrogen-bond acceptors (Lipinski definition) is 3. The van der Waals surface area contributed by atoms with Gasteiger partial charge in [0, 0.05) is 11.3 Å². The van der Waals surface area contributed by atoms with Crippen molar-refractivity contribution in [2.24, 2.45) is 0 Å². The third-order valence-corrected chi connectivity index (χ3v) is 4.26.